The van der Waals surface area contributed by atoms with E-state index >= 15 is 0 Å². The molecule has 1 aromatic heterocycles. The Morgan fingerprint density at radius 2 is 1.87 bits per heavy atom. The first-order valence-corrected chi connectivity index (χ1v) is 10.5. The van der Waals surface area contributed by atoms with Gasteiger partial charge in [0, 0.05) is 43.6 Å². The van der Waals surface area contributed by atoms with Crippen LogP contribution in [0.15, 0.2) is 67.0 Å². The lowest BCUT2D eigenvalue weighted by molar-refractivity contribution is 0.0204. The number of hydrogen-bond acceptors (Lipinski definition) is 4. The van der Waals surface area contributed by atoms with Crippen LogP contribution in [-0.4, -0.2) is 59.5 Å². The highest BCUT2D eigenvalue weighted by Crippen LogP contribution is 2.24. The van der Waals surface area contributed by atoms with Crippen molar-refractivity contribution in [2.45, 2.75) is 19.5 Å². The maximum Gasteiger partial charge on any atom is 0.251 e. The van der Waals surface area contributed by atoms with Crippen LogP contribution in [0.2, 0.25) is 0 Å². The molecule has 1 amide bonds. The summed E-state index contributed by atoms with van der Waals surface area (Å²) in [7, 11) is 0. The van der Waals surface area contributed by atoms with Gasteiger partial charge in [0.15, 0.2) is 0 Å². The molecule has 2 heterocycles. The zero-order chi connectivity index (χ0) is 20.8. The SMILES string of the molecule is CC(CNC(=O)c1ccccc1-c1ccc(Cn2cccn2)cc1)N1CCOCC1. The smallest absolute Gasteiger partial charge is 0.251 e. The Hall–Kier alpha value is -2.96. The molecule has 1 atom stereocenters. The number of rotatable bonds is 7. The minimum Gasteiger partial charge on any atom is -0.379 e. The quantitative estimate of drug-likeness (QED) is 0.658. The molecule has 1 N–H and O–H groups in total. The second-order valence-electron chi connectivity index (χ2n) is 7.65. The molecule has 156 valence electrons. The fourth-order valence-corrected chi connectivity index (χ4v) is 3.79. The molecule has 6 heteroatoms. The average Bonchev–Trinajstić information content (AvgIpc) is 3.31. The predicted octanol–water partition coefficient (Wildman–Crippen LogP) is 3.05. The number of hydrogen-bond donors (Lipinski definition) is 1. The summed E-state index contributed by atoms with van der Waals surface area (Å²) in [5, 5.41) is 7.37. The van der Waals surface area contributed by atoms with Crippen molar-refractivity contribution in [1.29, 1.82) is 0 Å². The Balaban J connectivity index is 1.43. The third-order valence-electron chi connectivity index (χ3n) is 5.57. The third kappa shape index (κ3) is 4.96. The van der Waals surface area contributed by atoms with E-state index < -0.39 is 0 Å². The van der Waals surface area contributed by atoms with Crippen LogP contribution in [0.1, 0.15) is 22.8 Å². The third-order valence-corrected chi connectivity index (χ3v) is 5.57. The van der Waals surface area contributed by atoms with Crippen LogP contribution >= 0.6 is 0 Å². The van der Waals surface area contributed by atoms with Crippen LogP contribution in [-0.2, 0) is 11.3 Å². The van der Waals surface area contributed by atoms with E-state index in [0.717, 1.165) is 44.0 Å². The van der Waals surface area contributed by atoms with Crippen LogP contribution < -0.4 is 5.32 Å². The second-order valence-corrected chi connectivity index (χ2v) is 7.65. The number of nitrogens with zero attached hydrogens (tertiary/aromatic N) is 3. The van der Waals surface area contributed by atoms with E-state index in [1.165, 1.54) is 5.56 Å². The van der Waals surface area contributed by atoms with Crippen LogP contribution in [0.5, 0.6) is 0 Å². The molecule has 0 aliphatic carbocycles. The molecule has 4 rings (SSSR count). The topological polar surface area (TPSA) is 59.4 Å². The van der Waals surface area contributed by atoms with Gasteiger partial charge in [-0.25, -0.2) is 0 Å². The Morgan fingerprint density at radius 1 is 1.10 bits per heavy atom. The lowest BCUT2D eigenvalue weighted by Crippen LogP contribution is -2.47. The minimum absolute atomic E-state index is 0.0358. The summed E-state index contributed by atoms with van der Waals surface area (Å²) in [5.41, 5.74) is 3.85. The Labute approximate surface area is 177 Å². The van der Waals surface area contributed by atoms with Gasteiger partial charge in [-0.05, 0) is 35.7 Å². The Kier molecular flexibility index (Phi) is 6.57. The van der Waals surface area contributed by atoms with E-state index in [1.54, 1.807) is 6.20 Å². The molecule has 0 radical (unpaired) electrons. The highest BCUT2D eigenvalue weighted by Gasteiger charge is 2.19. The van der Waals surface area contributed by atoms with Gasteiger partial charge in [-0.2, -0.15) is 5.10 Å². The van der Waals surface area contributed by atoms with Gasteiger partial charge in [0.2, 0.25) is 0 Å². The standard InChI is InChI=1S/C24H28N4O2/c1-19(27-13-15-30-16-14-27)17-25-24(29)23-6-3-2-5-22(23)21-9-7-20(8-10-21)18-28-12-4-11-26-28/h2-12,19H,13-18H2,1H3,(H,25,29). The summed E-state index contributed by atoms with van der Waals surface area (Å²) < 4.78 is 7.31. The largest absolute Gasteiger partial charge is 0.379 e. The first-order chi connectivity index (χ1) is 14.7. The van der Waals surface area contributed by atoms with Gasteiger partial charge < -0.3 is 10.1 Å². The maximum atomic E-state index is 12.9. The van der Waals surface area contributed by atoms with Crippen LogP contribution in [0.4, 0.5) is 0 Å². The minimum atomic E-state index is -0.0358. The molecule has 6 nitrogen and oxygen atoms in total. The monoisotopic (exact) mass is 404 g/mol. The fraction of sp³-hybridized carbons (Fsp3) is 0.333. The molecule has 30 heavy (non-hydrogen) atoms. The first kappa shape index (κ1) is 20.3. The van der Waals surface area contributed by atoms with Crippen molar-refractivity contribution in [3.63, 3.8) is 0 Å². The summed E-state index contributed by atoms with van der Waals surface area (Å²) in [5.74, 6) is -0.0358. The fourth-order valence-electron chi connectivity index (χ4n) is 3.79. The van der Waals surface area contributed by atoms with Gasteiger partial charge in [-0.3, -0.25) is 14.4 Å². The van der Waals surface area contributed by atoms with E-state index in [9.17, 15) is 4.79 Å². The number of morpholine rings is 1. The molecule has 1 unspecified atom stereocenters. The van der Waals surface area contributed by atoms with Crippen molar-refractivity contribution in [3.05, 3.63) is 78.1 Å². The zero-order valence-electron chi connectivity index (χ0n) is 17.3. The van der Waals surface area contributed by atoms with Crippen LogP contribution in [0, 0.1) is 0 Å². The van der Waals surface area contributed by atoms with E-state index in [2.05, 4.69) is 46.5 Å². The maximum absolute atomic E-state index is 12.9. The number of nitrogens with one attached hydrogen (secondary N) is 1. The van der Waals surface area contributed by atoms with Gasteiger partial charge >= 0.3 is 0 Å². The Bertz CT molecular complexity index is 948. The van der Waals surface area contributed by atoms with Crippen molar-refractivity contribution in [2.24, 2.45) is 0 Å². The van der Waals surface area contributed by atoms with Gasteiger partial charge in [0.25, 0.3) is 5.91 Å². The van der Waals surface area contributed by atoms with Crippen molar-refractivity contribution < 1.29 is 9.53 Å². The molecule has 0 bridgehead atoms. The second kappa shape index (κ2) is 9.69. The molecule has 0 saturated carbocycles. The predicted molar refractivity (Wildman–Crippen MR) is 117 cm³/mol. The van der Waals surface area contributed by atoms with Gasteiger partial charge in [-0.1, -0.05) is 42.5 Å². The lowest BCUT2D eigenvalue weighted by Gasteiger charge is -2.32. The first-order valence-electron chi connectivity index (χ1n) is 10.5. The summed E-state index contributed by atoms with van der Waals surface area (Å²) in [6, 6.07) is 18.3. The van der Waals surface area contributed by atoms with Gasteiger partial charge in [-0.15, -0.1) is 0 Å². The number of carbonyl (C=O) groups excluding carboxylic acids is 1. The highest BCUT2D eigenvalue weighted by atomic mass is 16.5. The molecular formula is C24H28N4O2. The Morgan fingerprint density at radius 3 is 2.60 bits per heavy atom. The molecule has 0 spiro atoms. The van der Waals surface area contributed by atoms with E-state index in [-0.39, 0.29) is 11.9 Å². The molecule has 1 aliphatic heterocycles. The number of carbonyl (C=O) groups is 1. The van der Waals surface area contributed by atoms with Crippen molar-refractivity contribution in [1.82, 2.24) is 20.0 Å². The number of amides is 1. The molecule has 1 aliphatic rings. The van der Waals surface area contributed by atoms with E-state index in [4.69, 9.17) is 4.74 Å². The molecule has 2 aromatic carbocycles. The van der Waals surface area contributed by atoms with Crippen molar-refractivity contribution >= 4 is 5.91 Å². The van der Waals surface area contributed by atoms with E-state index in [1.807, 2.05) is 41.2 Å². The summed E-state index contributed by atoms with van der Waals surface area (Å²) in [6.45, 7) is 6.85. The zero-order valence-corrected chi connectivity index (χ0v) is 17.3. The molecular weight excluding hydrogens is 376 g/mol. The van der Waals surface area contributed by atoms with Crippen LogP contribution in [0.3, 0.4) is 0 Å². The lowest BCUT2D eigenvalue weighted by atomic mass is 9.98. The summed E-state index contributed by atoms with van der Waals surface area (Å²) in [6.07, 6.45) is 3.73. The average molecular weight is 405 g/mol. The number of benzene rings is 2. The van der Waals surface area contributed by atoms with Crippen molar-refractivity contribution in [3.8, 4) is 11.1 Å². The van der Waals surface area contributed by atoms with Crippen molar-refractivity contribution in [2.75, 3.05) is 32.8 Å². The normalized spacial score (nSPS) is 15.6. The summed E-state index contributed by atoms with van der Waals surface area (Å²) >= 11 is 0. The van der Waals surface area contributed by atoms with Gasteiger partial charge in [0.1, 0.15) is 0 Å². The van der Waals surface area contributed by atoms with E-state index in [0.29, 0.717) is 12.1 Å². The highest BCUT2D eigenvalue weighted by molar-refractivity contribution is 6.00. The number of aromatic nitrogens is 2. The summed E-state index contributed by atoms with van der Waals surface area (Å²) in [4.78, 5) is 15.3. The molecule has 1 fully saturated rings. The van der Waals surface area contributed by atoms with Gasteiger partial charge in [0.05, 0.1) is 19.8 Å². The van der Waals surface area contributed by atoms with Crippen LogP contribution in [0.25, 0.3) is 11.1 Å². The molecule has 3 aromatic rings. The number of ether oxygens (including phenoxy) is 1. The molecule has 1 saturated heterocycles.